The van der Waals surface area contributed by atoms with Crippen molar-refractivity contribution in [2.24, 2.45) is 0 Å². The monoisotopic (exact) mass is 366 g/mol. The third kappa shape index (κ3) is 5.72. The molecule has 138 valence electrons. The number of hydrogen-bond acceptors (Lipinski definition) is 4. The van der Waals surface area contributed by atoms with Crippen LogP contribution in [-0.4, -0.2) is 47.9 Å². The number of halogens is 1. The van der Waals surface area contributed by atoms with Crippen molar-refractivity contribution >= 4 is 23.5 Å². The van der Waals surface area contributed by atoms with Crippen molar-refractivity contribution in [3.8, 4) is 0 Å². The Morgan fingerprint density at radius 2 is 1.92 bits per heavy atom. The Bertz CT molecular complexity index is 557. The Hall–Kier alpha value is -1.59. The molecule has 0 radical (unpaired) electrons. The molecule has 1 amide bonds. The number of benzene rings is 1. The summed E-state index contributed by atoms with van der Waals surface area (Å²) in [4.78, 5) is 27.0. The van der Waals surface area contributed by atoms with Crippen molar-refractivity contribution in [2.75, 3.05) is 25.6 Å². The summed E-state index contributed by atoms with van der Waals surface area (Å²) in [6.07, 6.45) is 2.06. The van der Waals surface area contributed by atoms with E-state index < -0.39 is 5.54 Å². The van der Waals surface area contributed by atoms with E-state index in [4.69, 9.17) is 16.3 Å². The fraction of sp³-hybridized carbons (Fsp3) is 0.579. The molecule has 2 rings (SSSR count). The molecule has 1 heterocycles. The Kier molecular flexibility index (Phi) is 7.72. The molecular weight excluding hydrogens is 340 g/mol. The molecule has 0 aromatic heterocycles. The number of nitrogens with one attached hydrogen (secondary N) is 1. The number of amides is 1. The van der Waals surface area contributed by atoms with Crippen molar-refractivity contribution in [1.29, 1.82) is 0 Å². The van der Waals surface area contributed by atoms with Gasteiger partial charge < -0.3 is 10.1 Å². The number of ether oxygens (including phenoxy) is 1. The average molecular weight is 367 g/mol. The number of nitrogens with zero attached hydrogens (tertiary/aromatic N) is 1. The number of likely N-dealkylation sites (tertiary alicyclic amines) is 1. The second-order valence-corrected chi connectivity index (χ2v) is 6.78. The number of piperidine rings is 1. The molecule has 5 nitrogen and oxygen atoms in total. The van der Waals surface area contributed by atoms with E-state index in [2.05, 4.69) is 22.3 Å². The van der Waals surface area contributed by atoms with Gasteiger partial charge in [0.05, 0.1) is 6.61 Å². The van der Waals surface area contributed by atoms with Crippen LogP contribution < -0.4 is 5.32 Å². The number of carbonyl (C=O) groups is 2. The second-order valence-electron chi connectivity index (χ2n) is 6.41. The van der Waals surface area contributed by atoms with Crippen molar-refractivity contribution in [2.45, 2.75) is 44.7 Å². The maximum Gasteiger partial charge on any atom is 0.331 e. The molecule has 0 unspecified atom stereocenters. The lowest BCUT2D eigenvalue weighted by atomic mass is 9.87. The minimum Gasteiger partial charge on any atom is -0.464 e. The Morgan fingerprint density at radius 3 is 2.52 bits per heavy atom. The minimum atomic E-state index is -0.910. The van der Waals surface area contributed by atoms with E-state index in [0.717, 1.165) is 19.6 Å². The van der Waals surface area contributed by atoms with E-state index >= 15 is 0 Å². The van der Waals surface area contributed by atoms with Crippen LogP contribution in [0.5, 0.6) is 0 Å². The highest BCUT2D eigenvalue weighted by atomic mass is 35.5. The van der Waals surface area contributed by atoms with Crippen LogP contribution in [0.2, 0.25) is 0 Å². The molecule has 1 aliphatic heterocycles. The number of hydrogen-bond donors (Lipinski definition) is 1. The highest BCUT2D eigenvalue weighted by molar-refractivity contribution is 6.17. The molecule has 1 aromatic rings. The predicted molar refractivity (Wildman–Crippen MR) is 98.4 cm³/mol. The van der Waals surface area contributed by atoms with Crippen LogP contribution in [0.1, 0.15) is 38.2 Å². The number of alkyl halides is 1. The van der Waals surface area contributed by atoms with E-state index in [-0.39, 0.29) is 11.9 Å². The third-order valence-corrected chi connectivity index (χ3v) is 4.81. The van der Waals surface area contributed by atoms with Gasteiger partial charge in [0.25, 0.3) is 0 Å². The highest BCUT2D eigenvalue weighted by Crippen LogP contribution is 2.25. The molecule has 0 spiro atoms. The lowest BCUT2D eigenvalue weighted by Crippen LogP contribution is -2.60. The van der Waals surface area contributed by atoms with Crippen LogP contribution in [0, 0.1) is 0 Å². The number of rotatable bonds is 8. The molecule has 1 N–H and O–H groups in total. The van der Waals surface area contributed by atoms with Crippen LogP contribution in [0.25, 0.3) is 0 Å². The topological polar surface area (TPSA) is 58.6 Å². The molecule has 0 bridgehead atoms. The summed E-state index contributed by atoms with van der Waals surface area (Å²) in [5, 5.41) is 2.94. The Morgan fingerprint density at radius 1 is 1.24 bits per heavy atom. The average Bonchev–Trinajstić information content (AvgIpc) is 2.63. The second kappa shape index (κ2) is 9.78. The summed E-state index contributed by atoms with van der Waals surface area (Å²) in [7, 11) is 0. The van der Waals surface area contributed by atoms with Crippen LogP contribution >= 0.6 is 11.6 Å². The SMILES string of the molecule is CCOC(=O)C1(NC(=O)CCCCl)CCN(Cc2ccccc2)CC1. The molecule has 6 heteroatoms. The summed E-state index contributed by atoms with van der Waals surface area (Å²) in [5.41, 5.74) is 0.337. The van der Waals surface area contributed by atoms with Crippen molar-refractivity contribution in [3.05, 3.63) is 35.9 Å². The van der Waals surface area contributed by atoms with Gasteiger partial charge in [-0.1, -0.05) is 30.3 Å². The minimum absolute atomic E-state index is 0.134. The maximum atomic E-state index is 12.5. The molecule has 1 aliphatic rings. The van der Waals surface area contributed by atoms with E-state index in [1.54, 1.807) is 6.92 Å². The first-order valence-corrected chi connectivity index (χ1v) is 9.43. The molecule has 0 saturated carbocycles. The van der Waals surface area contributed by atoms with Gasteiger partial charge in [-0.15, -0.1) is 11.6 Å². The first-order chi connectivity index (χ1) is 12.1. The van der Waals surface area contributed by atoms with Gasteiger partial charge in [-0.25, -0.2) is 4.79 Å². The largest absolute Gasteiger partial charge is 0.464 e. The number of carbonyl (C=O) groups excluding carboxylic acids is 2. The Balaban J connectivity index is 1.98. The molecule has 1 fully saturated rings. The third-order valence-electron chi connectivity index (χ3n) is 4.54. The fourth-order valence-electron chi connectivity index (χ4n) is 3.14. The lowest BCUT2D eigenvalue weighted by Gasteiger charge is -2.40. The van der Waals surface area contributed by atoms with Crippen LogP contribution in [0.4, 0.5) is 0 Å². The maximum absolute atomic E-state index is 12.5. The van der Waals surface area contributed by atoms with E-state index in [1.807, 2.05) is 18.2 Å². The quantitative estimate of drug-likeness (QED) is 0.567. The first-order valence-electron chi connectivity index (χ1n) is 8.90. The van der Waals surface area contributed by atoms with Gasteiger partial charge in [-0.05, 0) is 31.7 Å². The van der Waals surface area contributed by atoms with Crippen molar-refractivity contribution < 1.29 is 14.3 Å². The molecule has 0 aliphatic carbocycles. The molecule has 1 aromatic carbocycles. The lowest BCUT2D eigenvalue weighted by molar-refractivity contribution is -0.156. The Labute approximate surface area is 154 Å². The summed E-state index contributed by atoms with van der Waals surface area (Å²) < 4.78 is 5.25. The van der Waals surface area contributed by atoms with Gasteiger partial charge >= 0.3 is 5.97 Å². The number of esters is 1. The zero-order chi connectivity index (χ0) is 18.1. The summed E-state index contributed by atoms with van der Waals surface area (Å²) in [5.74, 6) is -0.0242. The first kappa shape index (κ1) is 19.7. The van der Waals surface area contributed by atoms with E-state index in [9.17, 15) is 9.59 Å². The van der Waals surface area contributed by atoms with Gasteiger partial charge in [0.1, 0.15) is 5.54 Å². The molecule has 1 saturated heterocycles. The molecule has 25 heavy (non-hydrogen) atoms. The van der Waals surface area contributed by atoms with Gasteiger partial charge in [0.2, 0.25) is 5.91 Å². The van der Waals surface area contributed by atoms with E-state index in [1.165, 1.54) is 5.56 Å². The standard InChI is InChI=1S/C19H27ClN2O3/c1-2-25-18(24)19(21-17(23)9-6-12-20)10-13-22(14-11-19)15-16-7-4-3-5-8-16/h3-5,7-8H,2,6,9-15H2,1H3,(H,21,23). The predicted octanol–water partition coefficient (Wildman–Crippen LogP) is 2.72. The van der Waals surface area contributed by atoms with Crippen LogP contribution in [0.15, 0.2) is 30.3 Å². The zero-order valence-corrected chi connectivity index (χ0v) is 15.6. The molecule has 0 atom stereocenters. The van der Waals surface area contributed by atoms with Gasteiger partial charge in [0.15, 0.2) is 0 Å². The van der Waals surface area contributed by atoms with E-state index in [0.29, 0.717) is 38.2 Å². The summed E-state index contributed by atoms with van der Waals surface area (Å²) in [6.45, 7) is 4.42. The van der Waals surface area contributed by atoms with Gasteiger partial charge in [-0.2, -0.15) is 0 Å². The van der Waals surface area contributed by atoms with Gasteiger partial charge in [-0.3, -0.25) is 9.69 Å². The van der Waals surface area contributed by atoms with Crippen molar-refractivity contribution in [1.82, 2.24) is 10.2 Å². The van der Waals surface area contributed by atoms with Crippen LogP contribution in [0.3, 0.4) is 0 Å². The van der Waals surface area contributed by atoms with Crippen LogP contribution in [-0.2, 0) is 20.9 Å². The smallest absolute Gasteiger partial charge is 0.331 e. The summed E-state index contributed by atoms with van der Waals surface area (Å²) in [6, 6.07) is 10.3. The summed E-state index contributed by atoms with van der Waals surface area (Å²) >= 11 is 5.65. The molecular formula is C19H27ClN2O3. The fourth-order valence-corrected chi connectivity index (χ4v) is 3.27. The normalized spacial score (nSPS) is 17.0. The van der Waals surface area contributed by atoms with Gasteiger partial charge in [0, 0.05) is 31.9 Å². The van der Waals surface area contributed by atoms with Crippen molar-refractivity contribution in [3.63, 3.8) is 0 Å². The highest BCUT2D eigenvalue weighted by Gasteiger charge is 2.43. The zero-order valence-electron chi connectivity index (χ0n) is 14.8.